The fourth-order valence-corrected chi connectivity index (χ4v) is 4.22. The average Bonchev–Trinajstić information content (AvgIpc) is 2.88. The Morgan fingerprint density at radius 1 is 0.971 bits per heavy atom. The van der Waals surface area contributed by atoms with Gasteiger partial charge >= 0.3 is 5.97 Å². The summed E-state index contributed by atoms with van der Waals surface area (Å²) >= 11 is 5.44. The molecule has 0 aliphatic carbocycles. The zero-order valence-electron chi connectivity index (χ0n) is 19.9. The first-order chi connectivity index (χ1) is 16.9. The van der Waals surface area contributed by atoms with Gasteiger partial charge in [-0.1, -0.05) is 54.6 Å². The van der Waals surface area contributed by atoms with E-state index in [1.165, 1.54) is 0 Å². The van der Waals surface area contributed by atoms with Crippen molar-refractivity contribution in [3.05, 3.63) is 101 Å². The van der Waals surface area contributed by atoms with Gasteiger partial charge in [-0.2, -0.15) is 0 Å². The number of hydrogen-bond acceptors (Lipinski definition) is 4. The monoisotopic (exact) mass is 485 g/mol. The Balaban J connectivity index is 1.50. The van der Waals surface area contributed by atoms with Crippen molar-refractivity contribution >= 4 is 34.9 Å². The van der Waals surface area contributed by atoms with Gasteiger partial charge in [-0.25, -0.2) is 4.79 Å². The van der Waals surface area contributed by atoms with Crippen molar-refractivity contribution in [2.24, 2.45) is 0 Å². The minimum Gasteiger partial charge on any atom is -0.463 e. The van der Waals surface area contributed by atoms with E-state index in [0.29, 0.717) is 21.9 Å². The second kappa shape index (κ2) is 10.5. The molecule has 0 bridgehead atoms. The third-order valence-corrected chi connectivity index (χ3v) is 6.40. The minimum atomic E-state index is -0.437. The predicted octanol–water partition coefficient (Wildman–Crippen LogP) is 5.30. The van der Waals surface area contributed by atoms with E-state index in [9.17, 15) is 9.59 Å². The highest BCUT2D eigenvalue weighted by Crippen LogP contribution is 2.31. The van der Waals surface area contributed by atoms with Crippen LogP contribution in [0.4, 0.5) is 5.69 Å². The SMILES string of the molecule is CCOC(=O)C1=C(C)N(C)C(=S)NC1c1ccc(NC(=O)c2ccc(-c3ccccc3)cc2)cc1. The number of carbonyl (C=O) groups is 2. The number of hydrogen-bond donors (Lipinski definition) is 2. The van der Waals surface area contributed by atoms with Crippen LogP contribution in [0.2, 0.25) is 0 Å². The number of ether oxygens (including phenoxy) is 1. The smallest absolute Gasteiger partial charge is 0.338 e. The first-order valence-electron chi connectivity index (χ1n) is 11.4. The lowest BCUT2D eigenvalue weighted by Crippen LogP contribution is -2.46. The van der Waals surface area contributed by atoms with E-state index >= 15 is 0 Å². The number of anilines is 1. The first-order valence-corrected chi connectivity index (χ1v) is 11.8. The third kappa shape index (κ3) is 5.25. The van der Waals surface area contributed by atoms with Crippen LogP contribution in [-0.2, 0) is 9.53 Å². The van der Waals surface area contributed by atoms with Crippen molar-refractivity contribution in [1.29, 1.82) is 0 Å². The Kier molecular flexibility index (Phi) is 7.27. The van der Waals surface area contributed by atoms with E-state index in [1.54, 1.807) is 11.8 Å². The van der Waals surface area contributed by atoms with Crippen LogP contribution in [0, 0.1) is 0 Å². The van der Waals surface area contributed by atoms with Crippen molar-refractivity contribution in [3.8, 4) is 11.1 Å². The fraction of sp³-hybridized carbons (Fsp3) is 0.179. The maximum atomic E-state index is 12.8. The van der Waals surface area contributed by atoms with Gasteiger partial charge in [-0.15, -0.1) is 0 Å². The molecule has 1 heterocycles. The molecule has 0 aromatic heterocycles. The molecule has 0 fully saturated rings. The highest BCUT2D eigenvalue weighted by Gasteiger charge is 2.33. The Bertz CT molecular complexity index is 1270. The second-order valence-electron chi connectivity index (χ2n) is 8.18. The summed E-state index contributed by atoms with van der Waals surface area (Å²) in [7, 11) is 1.81. The molecule has 3 aromatic carbocycles. The van der Waals surface area contributed by atoms with E-state index in [2.05, 4.69) is 10.6 Å². The summed E-state index contributed by atoms with van der Waals surface area (Å²) < 4.78 is 5.29. The van der Waals surface area contributed by atoms with Gasteiger partial charge in [0.2, 0.25) is 0 Å². The molecule has 3 aromatic rings. The molecule has 0 radical (unpaired) electrons. The number of allylic oxidation sites excluding steroid dienone is 1. The van der Waals surface area contributed by atoms with Crippen molar-refractivity contribution in [3.63, 3.8) is 0 Å². The number of rotatable bonds is 6. The number of esters is 1. The summed E-state index contributed by atoms with van der Waals surface area (Å²) in [6, 6.07) is 24.4. The lowest BCUT2D eigenvalue weighted by atomic mass is 9.95. The molecule has 1 amide bonds. The molecule has 2 N–H and O–H groups in total. The van der Waals surface area contributed by atoms with Gasteiger partial charge in [0.05, 0.1) is 18.2 Å². The number of carbonyl (C=O) groups excluding carboxylic acids is 2. The molecule has 7 heteroatoms. The maximum Gasteiger partial charge on any atom is 0.338 e. The summed E-state index contributed by atoms with van der Waals surface area (Å²) in [6.07, 6.45) is 0. The number of amides is 1. The zero-order chi connectivity index (χ0) is 24.9. The van der Waals surface area contributed by atoms with Gasteiger partial charge in [0, 0.05) is 24.0 Å². The van der Waals surface area contributed by atoms with Crippen LogP contribution >= 0.6 is 12.2 Å². The number of thiocarbonyl (C=S) groups is 1. The standard InChI is InChI=1S/C28H27N3O3S/c1-4-34-27(33)24-18(2)31(3)28(35)30-25(24)21-14-16-23(17-15-21)29-26(32)22-12-10-20(11-13-22)19-8-6-5-7-9-19/h5-17,25H,4H2,1-3H3,(H,29,32)(H,30,35). The predicted molar refractivity (Wildman–Crippen MR) is 142 cm³/mol. The van der Waals surface area contributed by atoms with Crippen LogP contribution in [0.5, 0.6) is 0 Å². The van der Waals surface area contributed by atoms with E-state index in [1.807, 2.05) is 92.8 Å². The maximum absolute atomic E-state index is 12.8. The summed E-state index contributed by atoms with van der Waals surface area (Å²) in [6.45, 7) is 3.91. The average molecular weight is 486 g/mol. The normalized spacial score (nSPS) is 15.5. The molecule has 1 atom stereocenters. The van der Waals surface area contributed by atoms with E-state index < -0.39 is 6.04 Å². The third-order valence-electron chi connectivity index (χ3n) is 6.01. The molecule has 0 saturated heterocycles. The Labute approximate surface area is 210 Å². The van der Waals surface area contributed by atoms with Crippen LogP contribution in [0.25, 0.3) is 11.1 Å². The number of nitrogens with one attached hydrogen (secondary N) is 2. The lowest BCUT2D eigenvalue weighted by Gasteiger charge is -2.35. The number of benzene rings is 3. The van der Waals surface area contributed by atoms with Crippen molar-refractivity contribution in [1.82, 2.24) is 10.2 Å². The summed E-state index contributed by atoms with van der Waals surface area (Å²) in [5.41, 5.74) is 5.47. The van der Waals surface area contributed by atoms with Crippen LogP contribution in [0.15, 0.2) is 90.1 Å². The topological polar surface area (TPSA) is 70.7 Å². The summed E-state index contributed by atoms with van der Waals surface area (Å²) in [4.78, 5) is 27.2. The molecule has 1 aliphatic heterocycles. The van der Waals surface area contributed by atoms with E-state index in [-0.39, 0.29) is 18.5 Å². The largest absolute Gasteiger partial charge is 0.463 e. The molecule has 6 nitrogen and oxygen atoms in total. The van der Waals surface area contributed by atoms with Gasteiger partial charge in [0.15, 0.2) is 5.11 Å². The van der Waals surface area contributed by atoms with Crippen molar-refractivity contribution in [2.75, 3.05) is 19.0 Å². The molecule has 35 heavy (non-hydrogen) atoms. The van der Waals surface area contributed by atoms with Gasteiger partial charge in [-0.3, -0.25) is 4.79 Å². The molecule has 0 spiro atoms. The van der Waals surface area contributed by atoms with Crippen molar-refractivity contribution in [2.45, 2.75) is 19.9 Å². The first kappa shape index (κ1) is 24.2. The summed E-state index contributed by atoms with van der Waals surface area (Å²) in [5.74, 6) is -0.577. The molecule has 1 aliphatic rings. The molecular weight excluding hydrogens is 458 g/mol. The molecular formula is C28H27N3O3S. The molecule has 4 rings (SSSR count). The summed E-state index contributed by atoms with van der Waals surface area (Å²) in [5, 5.41) is 6.67. The number of nitrogens with zero attached hydrogens (tertiary/aromatic N) is 1. The highest BCUT2D eigenvalue weighted by atomic mass is 32.1. The van der Waals surface area contributed by atoms with Crippen LogP contribution in [0.3, 0.4) is 0 Å². The van der Waals surface area contributed by atoms with Gasteiger partial charge < -0.3 is 20.3 Å². The second-order valence-corrected chi connectivity index (χ2v) is 8.57. The van der Waals surface area contributed by atoms with Gasteiger partial charge in [-0.05, 0) is 67.0 Å². The van der Waals surface area contributed by atoms with Gasteiger partial charge in [0.1, 0.15) is 0 Å². The Morgan fingerprint density at radius 3 is 2.23 bits per heavy atom. The van der Waals surface area contributed by atoms with E-state index in [0.717, 1.165) is 22.4 Å². The highest BCUT2D eigenvalue weighted by molar-refractivity contribution is 7.80. The fourth-order valence-electron chi connectivity index (χ4n) is 3.97. The van der Waals surface area contributed by atoms with Crippen LogP contribution in [0.1, 0.15) is 35.8 Å². The molecule has 1 unspecified atom stereocenters. The van der Waals surface area contributed by atoms with Crippen molar-refractivity contribution < 1.29 is 14.3 Å². The van der Waals surface area contributed by atoms with E-state index in [4.69, 9.17) is 17.0 Å². The molecule has 178 valence electrons. The Hall–Kier alpha value is -3.97. The van der Waals surface area contributed by atoms with Gasteiger partial charge in [0.25, 0.3) is 5.91 Å². The van der Waals surface area contributed by atoms with Crippen LogP contribution < -0.4 is 10.6 Å². The quantitative estimate of drug-likeness (QED) is 0.365. The molecule has 0 saturated carbocycles. The Morgan fingerprint density at radius 2 is 1.60 bits per heavy atom. The van der Waals surface area contributed by atoms with Crippen LogP contribution in [-0.4, -0.2) is 35.5 Å². The minimum absolute atomic E-state index is 0.195. The zero-order valence-corrected chi connectivity index (χ0v) is 20.7. The lowest BCUT2D eigenvalue weighted by molar-refractivity contribution is -0.139.